The van der Waals surface area contributed by atoms with Gasteiger partial charge in [-0.3, -0.25) is 4.79 Å². The highest BCUT2D eigenvalue weighted by atomic mass is 79.9. The Labute approximate surface area is 83.6 Å². The minimum atomic E-state index is -0.376. The predicted octanol–water partition coefficient (Wildman–Crippen LogP) is 3.03. The Hall–Kier alpha value is -0.540. The summed E-state index contributed by atoms with van der Waals surface area (Å²) in [5.74, 6) is 0.00610. The molecule has 1 aromatic rings. The van der Waals surface area contributed by atoms with Crippen LogP contribution in [0, 0.1) is 0 Å². The number of rotatable bonds is 1. The summed E-state index contributed by atoms with van der Waals surface area (Å²) in [5.41, 5.74) is 0. The van der Waals surface area contributed by atoms with Crippen LogP contribution in [-0.4, -0.2) is 5.97 Å². The van der Waals surface area contributed by atoms with Gasteiger partial charge in [0.2, 0.25) is 0 Å². The van der Waals surface area contributed by atoms with Crippen molar-refractivity contribution in [3.63, 3.8) is 0 Å². The lowest BCUT2D eigenvalue weighted by Gasteiger charge is -2.02. The fourth-order valence-corrected chi connectivity index (χ4v) is 1.42. The number of carbonyl (C=O) groups excluding carboxylic acids is 1. The Morgan fingerprint density at radius 1 is 1.58 bits per heavy atom. The van der Waals surface area contributed by atoms with Crippen molar-refractivity contribution in [1.82, 2.24) is 0 Å². The molecular weight excluding hydrogens is 243 g/mol. The Kier molecular flexibility index (Phi) is 3.12. The van der Waals surface area contributed by atoms with Crippen molar-refractivity contribution in [3.05, 3.63) is 27.7 Å². The van der Waals surface area contributed by atoms with Gasteiger partial charge in [0.15, 0.2) is 0 Å². The van der Waals surface area contributed by atoms with Gasteiger partial charge in [-0.05, 0) is 18.2 Å². The molecule has 0 saturated heterocycles. The van der Waals surface area contributed by atoms with Gasteiger partial charge in [0.25, 0.3) is 0 Å². The molecule has 0 aliphatic heterocycles. The number of benzene rings is 1. The van der Waals surface area contributed by atoms with E-state index in [9.17, 15) is 4.79 Å². The van der Waals surface area contributed by atoms with Gasteiger partial charge in [0.1, 0.15) is 5.75 Å². The fraction of sp³-hybridized carbons (Fsp3) is 0.125. The molecule has 12 heavy (non-hydrogen) atoms. The standard InChI is InChI=1S/C8H6BrClO2/c1-5(11)12-8-3-2-6(9)4-7(8)10/h2-4H,1H3. The highest BCUT2D eigenvalue weighted by Gasteiger charge is 2.03. The zero-order valence-electron chi connectivity index (χ0n) is 6.30. The molecule has 1 rings (SSSR count). The third kappa shape index (κ3) is 2.50. The summed E-state index contributed by atoms with van der Waals surface area (Å²) in [6.07, 6.45) is 0. The van der Waals surface area contributed by atoms with Crippen LogP contribution in [0.1, 0.15) is 6.92 Å². The van der Waals surface area contributed by atoms with Crippen LogP contribution in [0.4, 0.5) is 0 Å². The fourth-order valence-electron chi connectivity index (χ4n) is 0.713. The molecule has 1 aromatic carbocycles. The van der Waals surface area contributed by atoms with E-state index in [4.69, 9.17) is 16.3 Å². The quantitative estimate of drug-likeness (QED) is 0.565. The van der Waals surface area contributed by atoms with Crippen LogP contribution in [0.3, 0.4) is 0 Å². The van der Waals surface area contributed by atoms with Crippen LogP contribution in [0.5, 0.6) is 5.75 Å². The van der Waals surface area contributed by atoms with E-state index in [1.807, 2.05) is 0 Å². The van der Waals surface area contributed by atoms with Crippen LogP contribution in [0.15, 0.2) is 22.7 Å². The van der Waals surface area contributed by atoms with Gasteiger partial charge in [-0.2, -0.15) is 0 Å². The molecular formula is C8H6BrClO2. The molecule has 2 nitrogen and oxygen atoms in total. The number of halogens is 2. The van der Waals surface area contributed by atoms with Gasteiger partial charge < -0.3 is 4.74 Å². The van der Waals surface area contributed by atoms with Crippen LogP contribution in [0.25, 0.3) is 0 Å². The van der Waals surface area contributed by atoms with Crippen LogP contribution < -0.4 is 4.74 Å². The highest BCUT2D eigenvalue weighted by molar-refractivity contribution is 9.10. The van der Waals surface area contributed by atoms with E-state index in [2.05, 4.69) is 15.9 Å². The summed E-state index contributed by atoms with van der Waals surface area (Å²) in [7, 11) is 0. The highest BCUT2D eigenvalue weighted by Crippen LogP contribution is 2.27. The summed E-state index contributed by atoms with van der Waals surface area (Å²) in [6.45, 7) is 1.33. The molecule has 0 atom stereocenters. The van der Waals surface area contributed by atoms with Crippen molar-refractivity contribution in [1.29, 1.82) is 0 Å². The molecule has 0 aliphatic rings. The third-order valence-electron chi connectivity index (χ3n) is 1.15. The van der Waals surface area contributed by atoms with Crippen LogP contribution in [0.2, 0.25) is 5.02 Å². The first-order chi connectivity index (χ1) is 5.59. The van der Waals surface area contributed by atoms with Gasteiger partial charge in [-0.1, -0.05) is 27.5 Å². The molecule has 0 bridgehead atoms. The molecule has 4 heteroatoms. The monoisotopic (exact) mass is 248 g/mol. The molecule has 0 saturated carbocycles. The Morgan fingerprint density at radius 3 is 2.75 bits per heavy atom. The second-order valence-electron chi connectivity index (χ2n) is 2.17. The van der Waals surface area contributed by atoms with E-state index < -0.39 is 0 Å². The van der Waals surface area contributed by atoms with E-state index >= 15 is 0 Å². The normalized spacial score (nSPS) is 9.58. The van der Waals surface area contributed by atoms with Crippen molar-refractivity contribution in [2.24, 2.45) is 0 Å². The number of hydrogen-bond acceptors (Lipinski definition) is 2. The molecule has 0 spiro atoms. The number of esters is 1. The zero-order chi connectivity index (χ0) is 9.14. The van der Waals surface area contributed by atoms with Gasteiger partial charge in [0, 0.05) is 11.4 Å². The summed E-state index contributed by atoms with van der Waals surface area (Å²) < 4.78 is 5.66. The predicted molar refractivity (Wildman–Crippen MR) is 50.5 cm³/mol. The lowest BCUT2D eigenvalue weighted by atomic mass is 10.3. The van der Waals surface area contributed by atoms with Gasteiger partial charge in [-0.15, -0.1) is 0 Å². The summed E-state index contributed by atoms with van der Waals surface area (Å²) >= 11 is 9.00. The third-order valence-corrected chi connectivity index (χ3v) is 1.94. The minimum Gasteiger partial charge on any atom is -0.425 e. The number of hydrogen-bond donors (Lipinski definition) is 0. The van der Waals surface area contributed by atoms with E-state index in [0.717, 1.165) is 4.47 Å². The maximum atomic E-state index is 10.6. The van der Waals surface area contributed by atoms with Crippen molar-refractivity contribution < 1.29 is 9.53 Å². The number of ether oxygens (including phenoxy) is 1. The Morgan fingerprint density at radius 2 is 2.25 bits per heavy atom. The summed E-state index contributed by atoms with van der Waals surface area (Å²) in [5, 5.41) is 0.416. The average Bonchev–Trinajstić information content (AvgIpc) is 1.94. The molecule has 0 aromatic heterocycles. The lowest BCUT2D eigenvalue weighted by Crippen LogP contribution is -2.01. The molecule has 0 radical (unpaired) electrons. The molecule has 0 aliphatic carbocycles. The molecule has 0 N–H and O–H groups in total. The van der Waals surface area contributed by atoms with Crippen molar-refractivity contribution in [2.75, 3.05) is 0 Å². The minimum absolute atomic E-state index is 0.376. The van der Waals surface area contributed by atoms with E-state index in [1.165, 1.54) is 6.92 Å². The first kappa shape index (κ1) is 9.55. The number of carbonyl (C=O) groups is 1. The first-order valence-electron chi connectivity index (χ1n) is 3.23. The molecule has 0 unspecified atom stereocenters. The largest absolute Gasteiger partial charge is 0.425 e. The molecule has 64 valence electrons. The molecule has 0 heterocycles. The maximum Gasteiger partial charge on any atom is 0.308 e. The molecule has 0 amide bonds. The SMILES string of the molecule is CC(=O)Oc1ccc(Br)cc1Cl. The van der Waals surface area contributed by atoms with E-state index in [-0.39, 0.29) is 5.97 Å². The van der Waals surface area contributed by atoms with E-state index in [0.29, 0.717) is 10.8 Å². The zero-order valence-corrected chi connectivity index (χ0v) is 8.65. The van der Waals surface area contributed by atoms with Gasteiger partial charge >= 0.3 is 5.97 Å². The van der Waals surface area contributed by atoms with Crippen molar-refractivity contribution in [3.8, 4) is 5.75 Å². The maximum absolute atomic E-state index is 10.6. The van der Waals surface area contributed by atoms with Crippen molar-refractivity contribution >= 4 is 33.5 Å². The lowest BCUT2D eigenvalue weighted by molar-refractivity contribution is -0.131. The van der Waals surface area contributed by atoms with Gasteiger partial charge in [-0.25, -0.2) is 0 Å². The smallest absolute Gasteiger partial charge is 0.308 e. The summed E-state index contributed by atoms with van der Waals surface area (Å²) in [6, 6.07) is 5.05. The Bertz CT molecular complexity index is 312. The Balaban J connectivity index is 2.93. The van der Waals surface area contributed by atoms with Crippen molar-refractivity contribution in [2.45, 2.75) is 6.92 Å². The first-order valence-corrected chi connectivity index (χ1v) is 4.40. The van der Waals surface area contributed by atoms with Gasteiger partial charge in [0.05, 0.1) is 5.02 Å². The average molecular weight is 249 g/mol. The topological polar surface area (TPSA) is 26.3 Å². The molecule has 0 fully saturated rings. The van der Waals surface area contributed by atoms with Crippen LogP contribution >= 0.6 is 27.5 Å². The van der Waals surface area contributed by atoms with E-state index in [1.54, 1.807) is 18.2 Å². The second kappa shape index (κ2) is 3.92. The van der Waals surface area contributed by atoms with Crippen LogP contribution in [-0.2, 0) is 4.79 Å². The second-order valence-corrected chi connectivity index (χ2v) is 3.49. The summed E-state index contributed by atoms with van der Waals surface area (Å²) in [4.78, 5) is 10.6.